The lowest BCUT2D eigenvalue weighted by molar-refractivity contribution is 0.262. The van der Waals surface area contributed by atoms with E-state index < -0.39 is 6.03 Å². The zero-order valence-corrected chi connectivity index (χ0v) is 27.3. The smallest absolute Gasteiger partial charge is 0.323 e. The van der Waals surface area contributed by atoms with E-state index in [1.54, 1.807) is 23.2 Å². The quantitative estimate of drug-likeness (QED) is 0.146. The van der Waals surface area contributed by atoms with Gasteiger partial charge in [0.1, 0.15) is 17.1 Å². The van der Waals surface area contributed by atoms with Crippen LogP contribution in [0.15, 0.2) is 90.1 Å². The monoisotopic (exact) mass is 617 g/mol. The number of hydrogen-bond donors (Lipinski definition) is 2. The molecule has 3 heterocycles. The molecule has 0 aliphatic carbocycles. The lowest BCUT2D eigenvalue weighted by atomic mass is 9.93. The Morgan fingerprint density at radius 1 is 0.870 bits per heavy atom. The molecule has 0 unspecified atom stereocenters. The molecule has 46 heavy (non-hydrogen) atoms. The Kier molecular flexibility index (Phi) is 10.5. The van der Waals surface area contributed by atoms with Crippen molar-refractivity contribution in [3.63, 3.8) is 0 Å². The van der Waals surface area contributed by atoms with Gasteiger partial charge in [0, 0.05) is 48.2 Å². The third-order valence-corrected chi connectivity index (χ3v) is 8.14. The van der Waals surface area contributed by atoms with E-state index in [1.807, 2.05) is 66.7 Å². The van der Waals surface area contributed by atoms with Crippen molar-refractivity contribution in [2.24, 2.45) is 0 Å². The summed E-state index contributed by atoms with van der Waals surface area (Å²) in [6.45, 7) is 11.5. The summed E-state index contributed by atoms with van der Waals surface area (Å²) in [4.78, 5) is 36.9. The van der Waals surface area contributed by atoms with Gasteiger partial charge in [-0.15, -0.1) is 0 Å². The summed E-state index contributed by atoms with van der Waals surface area (Å²) in [5.41, 5.74) is 5.85. The summed E-state index contributed by atoms with van der Waals surface area (Å²) >= 11 is 0. The van der Waals surface area contributed by atoms with E-state index in [9.17, 15) is 9.59 Å². The highest BCUT2D eigenvalue weighted by molar-refractivity contribution is 6.07. The first-order valence-corrected chi connectivity index (χ1v) is 16.1. The first-order valence-electron chi connectivity index (χ1n) is 16.1. The maximum Gasteiger partial charge on any atom is 0.323 e. The largest absolute Gasteiger partial charge is 0.493 e. The minimum Gasteiger partial charge on any atom is -0.493 e. The summed E-state index contributed by atoms with van der Waals surface area (Å²) in [5, 5.41) is 6.88. The molecule has 0 saturated carbocycles. The van der Waals surface area contributed by atoms with Gasteiger partial charge < -0.3 is 15.4 Å². The fraction of sp³-hybridized carbons (Fsp3) is 0.316. The van der Waals surface area contributed by atoms with Gasteiger partial charge in [-0.25, -0.2) is 9.78 Å². The number of fused-ring (bicyclic) bond motifs is 1. The lowest BCUT2D eigenvalue weighted by Crippen LogP contribution is -2.30. The molecule has 2 aromatic carbocycles. The highest BCUT2D eigenvalue weighted by Crippen LogP contribution is 2.36. The molecule has 5 aromatic rings. The molecule has 2 N–H and O–H groups in total. The Hall–Kier alpha value is -4.98. The number of pyridine rings is 3. The molecule has 8 heteroatoms. The fourth-order valence-corrected chi connectivity index (χ4v) is 5.75. The molecule has 0 atom stereocenters. The van der Waals surface area contributed by atoms with Gasteiger partial charge >= 0.3 is 6.03 Å². The van der Waals surface area contributed by atoms with Crippen LogP contribution in [0.2, 0.25) is 0 Å². The van der Waals surface area contributed by atoms with Crippen LogP contribution in [-0.2, 0) is 13.0 Å². The number of nitrogens with one attached hydrogen (secondary N) is 2. The average molecular weight is 618 g/mol. The van der Waals surface area contributed by atoms with Crippen molar-refractivity contribution < 1.29 is 9.53 Å². The molecular weight excluding hydrogens is 574 g/mol. The predicted octanol–water partition coefficient (Wildman–Crippen LogP) is 8.77. The summed E-state index contributed by atoms with van der Waals surface area (Å²) in [7, 11) is 0. The van der Waals surface area contributed by atoms with E-state index in [1.165, 1.54) is 0 Å². The number of rotatable bonds is 12. The van der Waals surface area contributed by atoms with Crippen LogP contribution >= 0.6 is 0 Å². The molecule has 8 nitrogen and oxygen atoms in total. The van der Waals surface area contributed by atoms with Crippen LogP contribution in [0.5, 0.6) is 5.75 Å². The van der Waals surface area contributed by atoms with E-state index in [0.717, 1.165) is 52.6 Å². The van der Waals surface area contributed by atoms with Crippen LogP contribution in [0.3, 0.4) is 0 Å². The topological polar surface area (TPSA) is 98.1 Å². The highest BCUT2D eigenvalue weighted by Gasteiger charge is 2.23. The van der Waals surface area contributed by atoms with Gasteiger partial charge in [-0.2, -0.15) is 0 Å². The van der Waals surface area contributed by atoms with Gasteiger partial charge in [0.2, 0.25) is 0 Å². The second-order valence-corrected chi connectivity index (χ2v) is 12.1. The maximum absolute atomic E-state index is 14.3. The van der Waals surface area contributed by atoms with Crippen molar-refractivity contribution in [3.05, 3.63) is 112 Å². The van der Waals surface area contributed by atoms with Crippen molar-refractivity contribution in [2.45, 2.75) is 72.3 Å². The Morgan fingerprint density at radius 2 is 1.57 bits per heavy atom. The average Bonchev–Trinajstić information content (AvgIpc) is 3.05. The first kappa shape index (κ1) is 32.4. The number of carbonyl (C=O) groups excluding carboxylic acids is 1. The molecule has 0 bridgehead atoms. The molecule has 0 aliphatic rings. The highest BCUT2D eigenvalue weighted by atomic mass is 16.5. The zero-order chi connectivity index (χ0) is 32.6. The van der Waals surface area contributed by atoms with Gasteiger partial charge in [-0.1, -0.05) is 71.4 Å². The van der Waals surface area contributed by atoms with E-state index in [0.29, 0.717) is 30.1 Å². The molecule has 0 spiro atoms. The molecule has 0 saturated heterocycles. The number of carbonyl (C=O) groups is 1. The third-order valence-electron chi connectivity index (χ3n) is 8.14. The number of ether oxygens (including phenoxy) is 1. The normalized spacial score (nSPS) is 11.3. The zero-order valence-electron chi connectivity index (χ0n) is 27.3. The lowest BCUT2D eigenvalue weighted by Gasteiger charge is -2.22. The number of amides is 2. The van der Waals surface area contributed by atoms with Gasteiger partial charge in [-0.05, 0) is 76.9 Å². The Morgan fingerprint density at radius 3 is 2.26 bits per heavy atom. The summed E-state index contributed by atoms with van der Waals surface area (Å²) in [6, 6.07) is 21.0. The fourth-order valence-electron chi connectivity index (χ4n) is 5.75. The van der Waals surface area contributed by atoms with Crippen LogP contribution in [0.25, 0.3) is 22.2 Å². The van der Waals surface area contributed by atoms with E-state index >= 15 is 0 Å². The van der Waals surface area contributed by atoms with E-state index in [4.69, 9.17) is 4.74 Å². The second-order valence-electron chi connectivity index (χ2n) is 12.1. The van der Waals surface area contributed by atoms with Gasteiger partial charge in [0.05, 0.1) is 6.61 Å². The van der Waals surface area contributed by atoms with Gasteiger partial charge in [-0.3, -0.25) is 14.3 Å². The third kappa shape index (κ3) is 7.28. The first-order chi connectivity index (χ1) is 22.3. The molecule has 0 fully saturated rings. The van der Waals surface area contributed by atoms with Crippen LogP contribution < -0.4 is 20.9 Å². The minimum atomic E-state index is -0.469. The standard InChI is InChI=1S/C38H43N5O3/c1-6-7-22-43-36-32(15-10-19-40-36)33(28-11-8-12-29(24-28)46-23-18-27-16-20-39-21-17-27)35(37(43)44)42-38(45)41-34-30(25(2)3)13-9-14-31(34)26(4)5/h8-17,19-21,24-26H,6-7,18,22-23H2,1-5H3,(H2,41,42,45). The number of aromatic nitrogens is 3. The predicted molar refractivity (Wildman–Crippen MR) is 187 cm³/mol. The number of benzene rings is 2. The van der Waals surface area contributed by atoms with E-state index in [2.05, 4.69) is 55.2 Å². The van der Waals surface area contributed by atoms with Crippen molar-refractivity contribution in [1.29, 1.82) is 0 Å². The summed E-state index contributed by atoms with van der Waals surface area (Å²) in [5.74, 6) is 1.06. The Bertz CT molecular complexity index is 1840. The molecule has 0 aliphatic heterocycles. The maximum atomic E-state index is 14.3. The van der Waals surface area contributed by atoms with Crippen LogP contribution in [0.1, 0.15) is 76.0 Å². The number of anilines is 2. The Balaban J connectivity index is 1.57. The number of unbranched alkanes of at least 4 members (excludes halogenated alkanes) is 1. The number of para-hydroxylation sites is 1. The molecule has 238 valence electrons. The molecule has 5 rings (SSSR count). The van der Waals surface area contributed by atoms with Gasteiger partial charge in [0.15, 0.2) is 0 Å². The van der Waals surface area contributed by atoms with Crippen molar-refractivity contribution in [3.8, 4) is 16.9 Å². The number of nitrogens with zero attached hydrogens (tertiary/aromatic N) is 3. The number of hydrogen-bond acceptors (Lipinski definition) is 5. The number of aryl methyl sites for hydroxylation is 1. The van der Waals surface area contributed by atoms with Crippen molar-refractivity contribution >= 4 is 28.4 Å². The Labute approximate surface area is 270 Å². The van der Waals surface area contributed by atoms with Crippen molar-refractivity contribution in [2.75, 3.05) is 17.2 Å². The number of urea groups is 1. The second kappa shape index (κ2) is 14.9. The molecule has 0 radical (unpaired) electrons. The molecular formula is C38H43N5O3. The molecule has 2 amide bonds. The van der Waals surface area contributed by atoms with Crippen molar-refractivity contribution in [1.82, 2.24) is 14.5 Å². The van der Waals surface area contributed by atoms with Gasteiger partial charge in [0.25, 0.3) is 5.56 Å². The minimum absolute atomic E-state index is 0.198. The van der Waals surface area contributed by atoms with Crippen LogP contribution in [-0.4, -0.2) is 27.2 Å². The SMILES string of the molecule is CCCCn1c(=O)c(NC(=O)Nc2c(C(C)C)cccc2C(C)C)c(-c2cccc(OCCc3ccncc3)c2)c2cccnc21. The molecule has 3 aromatic heterocycles. The van der Waals surface area contributed by atoms with E-state index in [-0.39, 0.29) is 23.1 Å². The van der Waals surface area contributed by atoms with Crippen LogP contribution in [0, 0.1) is 0 Å². The van der Waals surface area contributed by atoms with Crippen LogP contribution in [0.4, 0.5) is 16.2 Å². The summed E-state index contributed by atoms with van der Waals surface area (Å²) in [6.07, 6.45) is 7.69. The summed E-state index contributed by atoms with van der Waals surface area (Å²) < 4.78 is 7.82.